The van der Waals surface area contributed by atoms with Gasteiger partial charge in [0, 0.05) is 16.5 Å². The molecular weight excluding hydrogens is 250 g/mol. The van der Waals surface area contributed by atoms with Crippen molar-refractivity contribution in [3.8, 4) is 10.6 Å². The summed E-state index contributed by atoms with van der Waals surface area (Å²) in [6.45, 7) is 9.35. The van der Waals surface area contributed by atoms with Crippen molar-refractivity contribution >= 4 is 22.7 Å². The Hall–Kier alpha value is -0.780. The van der Waals surface area contributed by atoms with E-state index in [9.17, 15) is 0 Å². The maximum absolute atomic E-state index is 4.26. The number of hydrogen-bond acceptors (Lipinski definition) is 5. The van der Waals surface area contributed by atoms with Crippen LogP contribution >= 0.6 is 22.7 Å². The average molecular weight is 267 g/mol. The number of hydrogen-bond donors (Lipinski definition) is 1. The van der Waals surface area contributed by atoms with Crippen LogP contribution in [0.5, 0.6) is 0 Å². The molecule has 0 aliphatic carbocycles. The molecule has 2 aromatic rings. The Morgan fingerprint density at radius 3 is 2.59 bits per heavy atom. The summed E-state index contributed by atoms with van der Waals surface area (Å²) in [5, 5.41) is 18.2. The van der Waals surface area contributed by atoms with Gasteiger partial charge in [-0.2, -0.15) is 11.3 Å². The molecule has 3 nitrogen and oxygen atoms in total. The standard InChI is InChI=1S/C12H17N3S2/c1-8-6-16-7-9(8)11-15-14-10(17-11)5-13-12(2,3)4/h6-7,13H,5H2,1-4H3. The summed E-state index contributed by atoms with van der Waals surface area (Å²) in [5.41, 5.74) is 2.61. The van der Waals surface area contributed by atoms with Crippen molar-refractivity contribution < 1.29 is 0 Å². The zero-order valence-corrected chi connectivity index (χ0v) is 12.2. The van der Waals surface area contributed by atoms with Gasteiger partial charge in [0.1, 0.15) is 10.0 Å². The third kappa shape index (κ3) is 3.34. The minimum Gasteiger partial charge on any atom is -0.306 e. The van der Waals surface area contributed by atoms with Crippen LogP contribution in [0.3, 0.4) is 0 Å². The van der Waals surface area contributed by atoms with Crippen LogP contribution in [0.4, 0.5) is 0 Å². The molecule has 0 spiro atoms. The molecule has 2 rings (SSSR count). The fourth-order valence-electron chi connectivity index (χ4n) is 1.35. The first-order valence-corrected chi connectivity index (χ1v) is 7.32. The first-order valence-electron chi connectivity index (χ1n) is 5.56. The molecule has 2 heterocycles. The van der Waals surface area contributed by atoms with E-state index in [2.05, 4.69) is 54.0 Å². The second kappa shape index (κ2) is 4.84. The summed E-state index contributed by atoms with van der Waals surface area (Å²) in [5.74, 6) is 0. The van der Waals surface area contributed by atoms with E-state index in [1.165, 1.54) is 11.1 Å². The highest BCUT2D eigenvalue weighted by atomic mass is 32.1. The molecule has 17 heavy (non-hydrogen) atoms. The number of rotatable bonds is 3. The molecule has 0 bridgehead atoms. The molecule has 0 aliphatic heterocycles. The molecule has 0 amide bonds. The van der Waals surface area contributed by atoms with Crippen molar-refractivity contribution in [3.05, 3.63) is 21.3 Å². The number of nitrogens with zero attached hydrogens (tertiary/aromatic N) is 2. The number of aromatic nitrogens is 2. The van der Waals surface area contributed by atoms with E-state index in [1.54, 1.807) is 22.7 Å². The highest BCUT2D eigenvalue weighted by molar-refractivity contribution is 7.15. The molecule has 0 aromatic carbocycles. The lowest BCUT2D eigenvalue weighted by Crippen LogP contribution is -2.35. The van der Waals surface area contributed by atoms with E-state index < -0.39 is 0 Å². The van der Waals surface area contributed by atoms with Crippen LogP contribution in [0.25, 0.3) is 10.6 Å². The van der Waals surface area contributed by atoms with Crippen LogP contribution in [0, 0.1) is 6.92 Å². The number of aryl methyl sites for hydroxylation is 1. The summed E-state index contributed by atoms with van der Waals surface area (Å²) in [7, 11) is 0. The van der Waals surface area contributed by atoms with E-state index in [4.69, 9.17) is 0 Å². The highest BCUT2D eigenvalue weighted by Crippen LogP contribution is 2.29. The Labute approximate surface area is 110 Å². The smallest absolute Gasteiger partial charge is 0.148 e. The first kappa shape index (κ1) is 12.7. The van der Waals surface area contributed by atoms with Gasteiger partial charge in [0.2, 0.25) is 0 Å². The van der Waals surface area contributed by atoms with Gasteiger partial charge >= 0.3 is 0 Å². The normalized spacial score (nSPS) is 12.0. The second-order valence-corrected chi connectivity index (χ2v) is 6.88. The zero-order chi connectivity index (χ0) is 12.5. The molecule has 0 saturated heterocycles. The van der Waals surface area contributed by atoms with Crippen LogP contribution in [0.2, 0.25) is 0 Å². The summed E-state index contributed by atoms with van der Waals surface area (Å²) in [6.07, 6.45) is 0. The van der Waals surface area contributed by atoms with E-state index in [-0.39, 0.29) is 5.54 Å². The Balaban J connectivity index is 2.09. The quantitative estimate of drug-likeness (QED) is 0.925. The summed E-state index contributed by atoms with van der Waals surface area (Å²) >= 11 is 3.38. The van der Waals surface area contributed by atoms with Crippen LogP contribution < -0.4 is 5.32 Å². The van der Waals surface area contributed by atoms with Crippen molar-refractivity contribution in [1.82, 2.24) is 15.5 Å². The van der Waals surface area contributed by atoms with Gasteiger partial charge in [-0.15, -0.1) is 10.2 Å². The van der Waals surface area contributed by atoms with Crippen LogP contribution in [-0.2, 0) is 6.54 Å². The van der Waals surface area contributed by atoms with Crippen LogP contribution in [0.15, 0.2) is 10.8 Å². The summed E-state index contributed by atoms with van der Waals surface area (Å²) in [4.78, 5) is 0. The van der Waals surface area contributed by atoms with Gasteiger partial charge in [0.05, 0.1) is 6.54 Å². The Morgan fingerprint density at radius 2 is 2.00 bits per heavy atom. The molecule has 0 unspecified atom stereocenters. The van der Waals surface area contributed by atoms with Crippen LogP contribution in [-0.4, -0.2) is 15.7 Å². The highest BCUT2D eigenvalue weighted by Gasteiger charge is 2.13. The lowest BCUT2D eigenvalue weighted by atomic mass is 10.1. The number of nitrogens with one attached hydrogen (secondary N) is 1. The molecule has 0 atom stereocenters. The third-order valence-electron chi connectivity index (χ3n) is 2.32. The summed E-state index contributed by atoms with van der Waals surface area (Å²) in [6, 6.07) is 0. The monoisotopic (exact) mass is 267 g/mol. The van der Waals surface area contributed by atoms with Crippen molar-refractivity contribution in [1.29, 1.82) is 0 Å². The largest absolute Gasteiger partial charge is 0.306 e. The molecule has 0 radical (unpaired) electrons. The molecule has 1 N–H and O–H groups in total. The maximum atomic E-state index is 4.26. The van der Waals surface area contributed by atoms with Gasteiger partial charge in [-0.1, -0.05) is 11.3 Å². The van der Waals surface area contributed by atoms with Gasteiger partial charge in [-0.05, 0) is 38.6 Å². The fourth-order valence-corrected chi connectivity index (χ4v) is 3.12. The van der Waals surface area contributed by atoms with Crippen molar-refractivity contribution in [3.63, 3.8) is 0 Å². The molecule has 0 fully saturated rings. The van der Waals surface area contributed by atoms with Crippen molar-refractivity contribution in [2.24, 2.45) is 0 Å². The van der Waals surface area contributed by atoms with Crippen LogP contribution in [0.1, 0.15) is 31.3 Å². The molecule has 2 aromatic heterocycles. The lowest BCUT2D eigenvalue weighted by molar-refractivity contribution is 0.423. The minimum absolute atomic E-state index is 0.115. The van der Waals surface area contributed by atoms with E-state index in [1.807, 2.05) is 0 Å². The summed E-state index contributed by atoms with van der Waals surface area (Å²) < 4.78 is 0. The van der Waals surface area contributed by atoms with Gasteiger partial charge in [-0.25, -0.2) is 0 Å². The maximum Gasteiger partial charge on any atom is 0.148 e. The van der Waals surface area contributed by atoms with Gasteiger partial charge in [-0.3, -0.25) is 0 Å². The molecule has 5 heteroatoms. The van der Waals surface area contributed by atoms with Gasteiger partial charge < -0.3 is 5.32 Å². The van der Waals surface area contributed by atoms with E-state index >= 15 is 0 Å². The second-order valence-electron chi connectivity index (χ2n) is 5.07. The zero-order valence-electron chi connectivity index (χ0n) is 10.6. The van der Waals surface area contributed by atoms with Gasteiger partial charge in [0.15, 0.2) is 0 Å². The predicted molar refractivity (Wildman–Crippen MR) is 74.6 cm³/mol. The fraction of sp³-hybridized carbons (Fsp3) is 0.500. The average Bonchev–Trinajstić information content (AvgIpc) is 2.81. The van der Waals surface area contributed by atoms with E-state index in [0.29, 0.717) is 0 Å². The van der Waals surface area contributed by atoms with Crippen molar-refractivity contribution in [2.75, 3.05) is 0 Å². The number of thiophene rings is 1. The third-order valence-corrected chi connectivity index (χ3v) is 4.14. The molecular formula is C12H17N3S2. The SMILES string of the molecule is Cc1cscc1-c1nnc(CNC(C)(C)C)s1. The predicted octanol–water partition coefficient (Wildman–Crippen LogP) is 3.46. The molecule has 0 saturated carbocycles. The lowest BCUT2D eigenvalue weighted by Gasteiger charge is -2.19. The Kier molecular flexibility index (Phi) is 3.61. The minimum atomic E-state index is 0.115. The van der Waals surface area contributed by atoms with E-state index in [0.717, 1.165) is 16.6 Å². The molecule has 92 valence electrons. The van der Waals surface area contributed by atoms with Gasteiger partial charge in [0.25, 0.3) is 0 Å². The van der Waals surface area contributed by atoms with Crippen molar-refractivity contribution in [2.45, 2.75) is 39.8 Å². The first-order chi connectivity index (χ1) is 7.96. The topological polar surface area (TPSA) is 37.8 Å². The Morgan fingerprint density at radius 1 is 1.24 bits per heavy atom. The Bertz CT molecular complexity index is 494. The molecule has 0 aliphatic rings.